The van der Waals surface area contributed by atoms with Crippen molar-refractivity contribution < 1.29 is 13.2 Å². The predicted octanol–water partition coefficient (Wildman–Crippen LogP) is 2.25. The van der Waals surface area contributed by atoms with Gasteiger partial charge in [-0.2, -0.15) is 0 Å². The molecule has 1 aliphatic carbocycles. The molecule has 2 fully saturated rings. The molecule has 1 aliphatic heterocycles. The van der Waals surface area contributed by atoms with Crippen molar-refractivity contribution in [3.05, 3.63) is 34.6 Å². The van der Waals surface area contributed by atoms with E-state index in [4.69, 9.17) is 0 Å². The SMILES string of the molecule is CCN(C(=O)[C@H](C)Sc1nc2ccccc2c(=O)n1C1CC1)[C@H]1CCS(=O)(=O)C1. The van der Waals surface area contributed by atoms with Crippen molar-refractivity contribution in [2.24, 2.45) is 0 Å². The summed E-state index contributed by atoms with van der Waals surface area (Å²) in [5.41, 5.74) is 0.570. The molecule has 9 heteroatoms. The number of para-hydroxylation sites is 1. The third kappa shape index (κ3) is 4.07. The van der Waals surface area contributed by atoms with Crippen molar-refractivity contribution in [3.63, 3.8) is 0 Å². The number of rotatable bonds is 6. The molecular weight excluding hydrogens is 410 g/mol. The topological polar surface area (TPSA) is 89.3 Å². The largest absolute Gasteiger partial charge is 0.338 e. The smallest absolute Gasteiger partial charge is 0.262 e. The van der Waals surface area contributed by atoms with Crippen molar-refractivity contribution >= 4 is 38.4 Å². The maximum atomic E-state index is 13.1. The van der Waals surface area contributed by atoms with E-state index in [1.807, 2.05) is 25.1 Å². The second-order valence-corrected chi connectivity index (χ2v) is 11.3. The van der Waals surface area contributed by atoms with Crippen molar-refractivity contribution in [2.45, 2.75) is 55.6 Å². The van der Waals surface area contributed by atoms with Gasteiger partial charge in [0.05, 0.1) is 27.7 Å². The fourth-order valence-electron chi connectivity index (χ4n) is 3.92. The summed E-state index contributed by atoms with van der Waals surface area (Å²) in [6.45, 7) is 4.14. The molecule has 7 nitrogen and oxygen atoms in total. The zero-order valence-electron chi connectivity index (χ0n) is 16.6. The Kier molecular flexibility index (Phi) is 5.46. The molecule has 1 aromatic heterocycles. The zero-order valence-corrected chi connectivity index (χ0v) is 18.2. The molecule has 2 aliphatic rings. The average Bonchev–Trinajstić information content (AvgIpc) is 3.45. The van der Waals surface area contributed by atoms with Crippen LogP contribution in [0.25, 0.3) is 10.9 Å². The van der Waals surface area contributed by atoms with Gasteiger partial charge in [0, 0.05) is 18.6 Å². The number of fused-ring (bicyclic) bond motifs is 1. The van der Waals surface area contributed by atoms with Gasteiger partial charge in [-0.1, -0.05) is 23.9 Å². The van der Waals surface area contributed by atoms with Gasteiger partial charge in [-0.3, -0.25) is 14.2 Å². The number of thioether (sulfide) groups is 1. The Morgan fingerprint density at radius 1 is 1.31 bits per heavy atom. The number of sulfone groups is 1. The highest BCUT2D eigenvalue weighted by Crippen LogP contribution is 2.38. The minimum absolute atomic E-state index is 0.0327. The van der Waals surface area contributed by atoms with Crippen LogP contribution in [0, 0.1) is 0 Å². The third-order valence-electron chi connectivity index (χ3n) is 5.59. The fourth-order valence-corrected chi connectivity index (χ4v) is 6.70. The molecule has 1 saturated carbocycles. The monoisotopic (exact) mass is 435 g/mol. The molecule has 4 rings (SSSR count). The number of nitrogens with zero attached hydrogens (tertiary/aromatic N) is 3. The van der Waals surface area contributed by atoms with Crippen LogP contribution in [0.2, 0.25) is 0 Å². The molecule has 2 heterocycles. The summed E-state index contributed by atoms with van der Waals surface area (Å²) in [5.74, 6) is 0.0610. The first-order valence-corrected chi connectivity index (χ1v) is 12.7. The summed E-state index contributed by atoms with van der Waals surface area (Å²) in [7, 11) is -3.07. The summed E-state index contributed by atoms with van der Waals surface area (Å²) in [5, 5.41) is 0.692. The van der Waals surface area contributed by atoms with E-state index in [2.05, 4.69) is 4.98 Å². The number of benzene rings is 1. The number of amides is 1. The molecule has 29 heavy (non-hydrogen) atoms. The van der Waals surface area contributed by atoms with Gasteiger partial charge >= 0.3 is 0 Å². The number of hydrogen-bond acceptors (Lipinski definition) is 6. The molecule has 0 spiro atoms. The maximum absolute atomic E-state index is 13.1. The minimum Gasteiger partial charge on any atom is -0.338 e. The first-order valence-electron chi connectivity index (χ1n) is 9.99. The molecular formula is C20H25N3O4S2. The lowest BCUT2D eigenvalue weighted by atomic mass is 10.2. The van der Waals surface area contributed by atoms with E-state index in [9.17, 15) is 18.0 Å². The van der Waals surface area contributed by atoms with Crippen molar-refractivity contribution in [3.8, 4) is 0 Å². The van der Waals surface area contributed by atoms with Gasteiger partial charge in [-0.25, -0.2) is 13.4 Å². The predicted molar refractivity (Wildman–Crippen MR) is 114 cm³/mol. The molecule has 2 atom stereocenters. The second kappa shape index (κ2) is 7.75. The molecule has 2 aromatic rings. The highest BCUT2D eigenvalue weighted by molar-refractivity contribution is 8.00. The zero-order chi connectivity index (χ0) is 20.8. The summed E-state index contributed by atoms with van der Waals surface area (Å²) >= 11 is 1.29. The summed E-state index contributed by atoms with van der Waals surface area (Å²) in [6, 6.07) is 7.15. The summed E-state index contributed by atoms with van der Waals surface area (Å²) in [6.07, 6.45) is 2.37. The molecule has 0 N–H and O–H groups in total. The Bertz CT molecular complexity index is 1110. The van der Waals surface area contributed by atoms with Crippen LogP contribution >= 0.6 is 11.8 Å². The molecule has 0 radical (unpaired) electrons. The number of aromatic nitrogens is 2. The number of carbonyl (C=O) groups is 1. The Balaban J connectivity index is 1.61. The van der Waals surface area contributed by atoms with E-state index in [1.54, 1.807) is 22.5 Å². The van der Waals surface area contributed by atoms with E-state index < -0.39 is 15.1 Å². The van der Waals surface area contributed by atoms with Gasteiger partial charge in [0.2, 0.25) is 5.91 Å². The molecule has 1 saturated heterocycles. The van der Waals surface area contributed by atoms with E-state index in [0.717, 1.165) is 12.8 Å². The van der Waals surface area contributed by atoms with E-state index in [-0.39, 0.29) is 35.1 Å². The summed E-state index contributed by atoms with van der Waals surface area (Å²) in [4.78, 5) is 32.5. The normalized spacial score (nSPS) is 21.9. The molecule has 156 valence electrons. The molecule has 0 bridgehead atoms. The minimum atomic E-state index is -3.07. The fraction of sp³-hybridized carbons (Fsp3) is 0.550. The lowest BCUT2D eigenvalue weighted by molar-refractivity contribution is -0.131. The average molecular weight is 436 g/mol. The molecule has 0 unspecified atom stereocenters. The standard InChI is InChI=1S/C20H25N3O4S2/c1-3-22(15-10-11-29(26,27)12-15)18(24)13(2)28-20-21-17-7-5-4-6-16(17)19(25)23(20)14-8-9-14/h4-7,13-15H,3,8-12H2,1-2H3/t13-,15-/m0/s1. The van der Waals surface area contributed by atoms with Crippen LogP contribution < -0.4 is 5.56 Å². The van der Waals surface area contributed by atoms with Gasteiger partial charge in [0.25, 0.3) is 5.56 Å². The van der Waals surface area contributed by atoms with Gasteiger partial charge < -0.3 is 4.90 Å². The second-order valence-electron chi connectivity index (χ2n) is 7.76. The highest BCUT2D eigenvalue weighted by atomic mass is 32.2. The Morgan fingerprint density at radius 2 is 2.03 bits per heavy atom. The third-order valence-corrected chi connectivity index (χ3v) is 8.39. The summed E-state index contributed by atoms with van der Waals surface area (Å²) < 4.78 is 25.4. The van der Waals surface area contributed by atoms with Crippen LogP contribution in [0.5, 0.6) is 0 Å². The van der Waals surface area contributed by atoms with Crippen molar-refractivity contribution in [1.82, 2.24) is 14.5 Å². The van der Waals surface area contributed by atoms with Gasteiger partial charge in [0.15, 0.2) is 15.0 Å². The molecule has 1 amide bonds. The van der Waals surface area contributed by atoms with E-state index in [1.165, 1.54) is 11.8 Å². The van der Waals surface area contributed by atoms with Crippen LogP contribution in [0.3, 0.4) is 0 Å². The number of carbonyl (C=O) groups excluding carboxylic acids is 1. The quantitative estimate of drug-likeness (QED) is 0.511. The van der Waals surface area contributed by atoms with Gasteiger partial charge in [0.1, 0.15) is 0 Å². The lowest BCUT2D eigenvalue weighted by Gasteiger charge is -2.29. The molecule has 1 aromatic carbocycles. The van der Waals surface area contributed by atoms with Crippen LogP contribution in [-0.2, 0) is 14.6 Å². The van der Waals surface area contributed by atoms with Crippen LogP contribution in [0.15, 0.2) is 34.2 Å². The first kappa shape index (κ1) is 20.4. The Morgan fingerprint density at radius 3 is 2.66 bits per heavy atom. The van der Waals surface area contributed by atoms with Gasteiger partial charge in [-0.15, -0.1) is 0 Å². The van der Waals surface area contributed by atoms with Crippen LogP contribution in [0.4, 0.5) is 0 Å². The first-order chi connectivity index (χ1) is 13.8. The lowest BCUT2D eigenvalue weighted by Crippen LogP contribution is -2.44. The van der Waals surface area contributed by atoms with E-state index in [0.29, 0.717) is 29.0 Å². The van der Waals surface area contributed by atoms with E-state index >= 15 is 0 Å². The maximum Gasteiger partial charge on any atom is 0.262 e. The van der Waals surface area contributed by atoms with Crippen molar-refractivity contribution in [1.29, 1.82) is 0 Å². The Labute approximate surface area is 174 Å². The van der Waals surface area contributed by atoms with Crippen molar-refractivity contribution in [2.75, 3.05) is 18.1 Å². The van der Waals surface area contributed by atoms with Crippen LogP contribution in [0.1, 0.15) is 39.2 Å². The van der Waals surface area contributed by atoms with Gasteiger partial charge in [-0.05, 0) is 45.2 Å². The Hall–Kier alpha value is -1.87. The van der Waals surface area contributed by atoms with Crippen LogP contribution in [-0.4, -0.2) is 58.1 Å². The highest BCUT2D eigenvalue weighted by Gasteiger charge is 2.36. The number of hydrogen-bond donors (Lipinski definition) is 0.